The van der Waals surface area contributed by atoms with Crippen molar-refractivity contribution in [1.29, 1.82) is 0 Å². The van der Waals surface area contributed by atoms with Crippen LogP contribution in [0.3, 0.4) is 0 Å². The van der Waals surface area contributed by atoms with E-state index in [2.05, 4.69) is 44.5 Å². The Kier molecular flexibility index (Phi) is 4.61. The van der Waals surface area contributed by atoms with E-state index >= 15 is 0 Å². The highest BCUT2D eigenvalue weighted by molar-refractivity contribution is 9.10. The fourth-order valence-corrected chi connectivity index (χ4v) is 4.04. The highest BCUT2D eigenvalue weighted by atomic mass is 79.9. The van der Waals surface area contributed by atoms with Crippen molar-refractivity contribution in [2.24, 2.45) is 0 Å². The average Bonchev–Trinajstić information content (AvgIpc) is 2.94. The maximum atomic E-state index is 13.8. The molecule has 2 heterocycles. The maximum Gasteiger partial charge on any atom is 0.238 e. The molecule has 0 radical (unpaired) electrons. The number of anilines is 1. The molecule has 116 valence electrons. The molecule has 1 atom stereocenters. The minimum Gasteiger partial charge on any atom is -0.322 e. The number of rotatable bonds is 3. The van der Waals surface area contributed by atoms with Gasteiger partial charge in [0, 0.05) is 21.9 Å². The van der Waals surface area contributed by atoms with E-state index in [0.29, 0.717) is 4.47 Å². The van der Waals surface area contributed by atoms with E-state index in [0.717, 1.165) is 13.0 Å². The summed E-state index contributed by atoms with van der Waals surface area (Å²) in [7, 11) is 0. The van der Waals surface area contributed by atoms with Crippen molar-refractivity contribution in [1.82, 2.24) is 4.90 Å². The largest absolute Gasteiger partial charge is 0.322 e. The van der Waals surface area contributed by atoms with E-state index < -0.39 is 5.82 Å². The standard InChI is InChI=1S/C16H16BrFN2OS/c1-10-12-5-7-22-15(12)4-6-20(10)9-16(21)19-14-3-2-11(17)8-13(14)18/h2-3,5,7-8,10H,4,6,9H2,1H3,(H,19,21)/t10-/m1/s1. The summed E-state index contributed by atoms with van der Waals surface area (Å²) in [5.41, 5.74) is 1.52. The quantitative estimate of drug-likeness (QED) is 0.862. The summed E-state index contributed by atoms with van der Waals surface area (Å²) in [6, 6.07) is 6.96. The number of nitrogens with one attached hydrogen (secondary N) is 1. The van der Waals surface area contributed by atoms with Gasteiger partial charge in [-0.25, -0.2) is 4.39 Å². The number of carbonyl (C=O) groups excluding carboxylic acids is 1. The molecule has 0 saturated heterocycles. The first kappa shape index (κ1) is 15.6. The molecule has 1 aromatic heterocycles. The van der Waals surface area contributed by atoms with Crippen molar-refractivity contribution in [3.05, 3.63) is 50.4 Å². The molecule has 0 fully saturated rings. The van der Waals surface area contributed by atoms with E-state index in [-0.39, 0.29) is 24.2 Å². The normalized spacial score (nSPS) is 18.0. The van der Waals surface area contributed by atoms with Crippen LogP contribution in [-0.4, -0.2) is 23.9 Å². The van der Waals surface area contributed by atoms with Gasteiger partial charge in [0.1, 0.15) is 5.82 Å². The molecular weight excluding hydrogens is 367 g/mol. The minimum absolute atomic E-state index is 0.188. The van der Waals surface area contributed by atoms with Gasteiger partial charge >= 0.3 is 0 Å². The Labute approximate surface area is 141 Å². The van der Waals surface area contributed by atoms with Crippen molar-refractivity contribution < 1.29 is 9.18 Å². The van der Waals surface area contributed by atoms with E-state index in [1.54, 1.807) is 23.5 Å². The summed E-state index contributed by atoms with van der Waals surface area (Å²) in [5, 5.41) is 4.75. The zero-order valence-electron chi connectivity index (χ0n) is 12.1. The van der Waals surface area contributed by atoms with Crippen LogP contribution in [0.5, 0.6) is 0 Å². The van der Waals surface area contributed by atoms with Crippen molar-refractivity contribution in [2.75, 3.05) is 18.4 Å². The highest BCUT2D eigenvalue weighted by Gasteiger charge is 2.26. The van der Waals surface area contributed by atoms with Gasteiger partial charge in [0.15, 0.2) is 0 Å². The topological polar surface area (TPSA) is 32.3 Å². The summed E-state index contributed by atoms with van der Waals surface area (Å²) in [5.74, 6) is -0.624. The number of fused-ring (bicyclic) bond motifs is 1. The number of benzene rings is 1. The molecule has 1 aromatic carbocycles. The molecule has 6 heteroatoms. The average molecular weight is 383 g/mol. The van der Waals surface area contributed by atoms with Crippen LogP contribution in [0.2, 0.25) is 0 Å². The Morgan fingerprint density at radius 3 is 3.09 bits per heavy atom. The summed E-state index contributed by atoms with van der Waals surface area (Å²) in [6.45, 7) is 3.23. The number of hydrogen-bond acceptors (Lipinski definition) is 3. The molecule has 1 aliphatic heterocycles. The van der Waals surface area contributed by atoms with Gasteiger partial charge < -0.3 is 5.32 Å². The van der Waals surface area contributed by atoms with Crippen LogP contribution >= 0.6 is 27.3 Å². The van der Waals surface area contributed by atoms with Gasteiger partial charge in [0.25, 0.3) is 0 Å². The summed E-state index contributed by atoms with van der Waals surface area (Å²) in [4.78, 5) is 15.7. The molecule has 1 aliphatic rings. The third-order valence-electron chi connectivity index (χ3n) is 3.96. The number of hydrogen-bond donors (Lipinski definition) is 1. The van der Waals surface area contributed by atoms with Gasteiger partial charge in [0.05, 0.1) is 12.2 Å². The number of nitrogens with zero attached hydrogens (tertiary/aromatic N) is 1. The minimum atomic E-state index is -0.436. The van der Waals surface area contributed by atoms with E-state index in [9.17, 15) is 9.18 Å². The smallest absolute Gasteiger partial charge is 0.238 e. The summed E-state index contributed by atoms with van der Waals surface area (Å²) < 4.78 is 14.4. The molecule has 22 heavy (non-hydrogen) atoms. The second-order valence-electron chi connectivity index (χ2n) is 5.37. The van der Waals surface area contributed by atoms with E-state index in [1.807, 2.05) is 0 Å². The van der Waals surface area contributed by atoms with E-state index in [1.165, 1.54) is 16.5 Å². The van der Waals surface area contributed by atoms with Gasteiger partial charge in [-0.05, 0) is 48.6 Å². The zero-order chi connectivity index (χ0) is 15.7. The van der Waals surface area contributed by atoms with Gasteiger partial charge in [-0.3, -0.25) is 9.69 Å². The SMILES string of the molecule is C[C@@H]1c2ccsc2CCN1CC(=O)Nc1ccc(Br)cc1F. The van der Waals surface area contributed by atoms with Crippen LogP contribution in [0.15, 0.2) is 34.1 Å². The summed E-state index contributed by atoms with van der Waals surface area (Å²) >= 11 is 4.98. The number of halogens is 2. The lowest BCUT2D eigenvalue weighted by atomic mass is 10.0. The third-order valence-corrected chi connectivity index (χ3v) is 5.45. The highest BCUT2D eigenvalue weighted by Crippen LogP contribution is 2.32. The van der Waals surface area contributed by atoms with Crippen molar-refractivity contribution >= 4 is 38.9 Å². The van der Waals surface area contributed by atoms with Crippen molar-refractivity contribution in [3.63, 3.8) is 0 Å². The fraction of sp³-hybridized carbons (Fsp3) is 0.312. The molecular formula is C16H16BrFN2OS. The second kappa shape index (κ2) is 6.48. The molecule has 3 rings (SSSR count). The Morgan fingerprint density at radius 1 is 1.50 bits per heavy atom. The van der Waals surface area contributed by atoms with Gasteiger partial charge in [0.2, 0.25) is 5.91 Å². The van der Waals surface area contributed by atoms with Crippen LogP contribution < -0.4 is 5.32 Å². The first-order valence-electron chi connectivity index (χ1n) is 7.10. The Hall–Kier alpha value is -1.24. The first-order chi connectivity index (χ1) is 10.5. The lowest BCUT2D eigenvalue weighted by molar-refractivity contribution is -0.117. The predicted octanol–water partition coefficient (Wildman–Crippen LogP) is 4.21. The number of amides is 1. The Bertz CT molecular complexity index is 703. The number of thiophene rings is 1. The summed E-state index contributed by atoms with van der Waals surface area (Å²) in [6.07, 6.45) is 0.970. The van der Waals surface area contributed by atoms with Gasteiger partial charge in [-0.15, -0.1) is 11.3 Å². The van der Waals surface area contributed by atoms with Crippen LogP contribution in [0.25, 0.3) is 0 Å². The molecule has 0 spiro atoms. The van der Waals surface area contributed by atoms with Crippen LogP contribution in [-0.2, 0) is 11.2 Å². The first-order valence-corrected chi connectivity index (χ1v) is 8.77. The Balaban J connectivity index is 1.65. The van der Waals surface area contributed by atoms with Crippen LogP contribution in [0, 0.1) is 5.82 Å². The predicted molar refractivity (Wildman–Crippen MR) is 90.7 cm³/mol. The third kappa shape index (κ3) is 3.24. The maximum absolute atomic E-state index is 13.8. The molecule has 1 amide bonds. The fourth-order valence-electron chi connectivity index (χ4n) is 2.74. The van der Waals surface area contributed by atoms with Crippen LogP contribution in [0.4, 0.5) is 10.1 Å². The molecule has 0 bridgehead atoms. The molecule has 0 saturated carbocycles. The van der Waals surface area contributed by atoms with Crippen LogP contribution in [0.1, 0.15) is 23.4 Å². The van der Waals surface area contributed by atoms with Crippen molar-refractivity contribution in [2.45, 2.75) is 19.4 Å². The zero-order valence-corrected chi connectivity index (χ0v) is 14.5. The van der Waals surface area contributed by atoms with Crippen molar-refractivity contribution in [3.8, 4) is 0 Å². The van der Waals surface area contributed by atoms with Gasteiger partial charge in [-0.2, -0.15) is 0 Å². The monoisotopic (exact) mass is 382 g/mol. The molecule has 1 N–H and O–H groups in total. The number of carbonyl (C=O) groups is 1. The molecule has 2 aromatic rings. The lowest BCUT2D eigenvalue weighted by Crippen LogP contribution is -2.39. The van der Waals surface area contributed by atoms with E-state index in [4.69, 9.17) is 0 Å². The van der Waals surface area contributed by atoms with Gasteiger partial charge in [-0.1, -0.05) is 15.9 Å². The lowest BCUT2D eigenvalue weighted by Gasteiger charge is -2.32. The molecule has 3 nitrogen and oxygen atoms in total. The molecule has 0 aliphatic carbocycles. The Morgan fingerprint density at radius 2 is 2.32 bits per heavy atom. The molecule has 0 unspecified atom stereocenters. The second-order valence-corrected chi connectivity index (χ2v) is 7.28.